The Bertz CT molecular complexity index is 933. The Morgan fingerprint density at radius 1 is 1.14 bits per heavy atom. The summed E-state index contributed by atoms with van der Waals surface area (Å²) in [5, 5.41) is 9.70. The van der Waals surface area contributed by atoms with Gasteiger partial charge < -0.3 is 4.90 Å². The van der Waals surface area contributed by atoms with Crippen molar-refractivity contribution < 1.29 is 26.4 Å². The van der Waals surface area contributed by atoms with Crippen molar-refractivity contribution >= 4 is 15.9 Å². The summed E-state index contributed by atoms with van der Waals surface area (Å²) in [5.74, 6) is -0.375. The maximum absolute atomic E-state index is 12.9. The number of alkyl halides is 3. The molecule has 1 N–H and O–H groups in total. The number of carbonyl (C=O) groups excluding carboxylic acids is 1. The van der Waals surface area contributed by atoms with E-state index in [-0.39, 0.29) is 29.6 Å². The van der Waals surface area contributed by atoms with Crippen LogP contribution in [0.25, 0.3) is 0 Å². The number of nitrogens with one attached hydrogen (secondary N) is 1. The van der Waals surface area contributed by atoms with Crippen LogP contribution in [0.1, 0.15) is 29.9 Å². The van der Waals surface area contributed by atoms with E-state index in [1.807, 2.05) is 0 Å². The quantitative estimate of drug-likeness (QED) is 0.820. The number of aromatic nitrogens is 3. The summed E-state index contributed by atoms with van der Waals surface area (Å²) in [6.45, 7) is 3.42. The summed E-state index contributed by atoms with van der Waals surface area (Å²) in [4.78, 5) is 13.9. The second-order valence-electron chi connectivity index (χ2n) is 6.61. The fourth-order valence-electron chi connectivity index (χ4n) is 3.27. The highest BCUT2D eigenvalue weighted by molar-refractivity contribution is 7.89. The molecule has 0 bridgehead atoms. The van der Waals surface area contributed by atoms with Gasteiger partial charge in [-0.2, -0.15) is 32.9 Å². The summed E-state index contributed by atoms with van der Waals surface area (Å²) >= 11 is 0. The van der Waals surface area contributed by atoms with E-state index in [4.69, 9.17) is 0 Å². The zero-order valence-electron chi connectivity index (χ0n) is 15.0. The summed E-state index contributed by atoms with van der Waals surface area (Å²) < 4.78 is 65.0. The molecule has 1 aromatic heterocycles. The van der Waals surface area contributed by atoms with Crippen LogP contribution in [0, 0.1) is 0 Å². The summed E-state index contributed by atoms with van der Waals surface area (Å²) in [5.41, 5.74) is -0.797. The van der Waals surface area contributed by atoms with Crippen molar-refractivity contribution in [2.24, 2.45) is 0 Å². The van der Waals surface area contributed by atoms with Crippen molar-refractivity contribution in [1.82, 2.24) is 24.6 Å². The van der Waals surface area contributed by atoms with Gasteiger partial charge in [0.25, 0.3) is 5.91 Å². The number of aromatic amines is 1. The molecular weight excluding hydrogens is 399 g/mol. The molecule has 0 unspecified atom stereocenters. The Kier molecular flexibility index (Phi) is 5.19. The lowest BCUT2D eigenvalue weighted by Crippen LogP contribution is -2.59. The number of sulfonamides is 1. The second-order valence-corrected chi connectivity index (χ2v) is 8.55. The number of H-pyrrole nitrogens is 1. The van der Waals surface area contributed by atoms with Gasteiger partial charge in [-0.3, -0.25) is 4.79 Å². The highest BCUT2D eigenvalue weighted by atomic mass is 32.2. The average molecular weight is 417 g/mol. The molecule has 1 aliphatic rings. The first kappa shape index (κ1) is 20.3. The number of amides is 1. The van der Waals surface area contributed by atoms with Gasteiger partial charge in [-0.1, -0.05) is 0 Å². The molecule has 2 heterocycles. The maximum Gasteiger partial charge on any atom is 0.416 e. The lowest BCUT2D eigenvalue weighted by atomic mass is 10.1. The molecule has 3 rings (SSSR count). The molecule has 0 saturated carbocycles. The number of hydrogen-bond donors (Lipinski definition) is 1. The molecule has 0 radical (unpaired) electrons. The van der Waals surface area contributed by atoms with Crippen molar-refractivity contribution in [3.8, 4) is 0 Å². The van der Waals surface area contributed by atoms with E-state index in [2.05, 4.69) is 15.4 Å². The fraction of sp³-hybridized carbons (Fsp3) is 0.438. The molecule has 12 heteroatoms. The van der Waals surface area contributed by atoms with Crippen LogP contribution in [0.5, 0.6) is 0 Å². The van der Waals surface area contributed by atoms with Gasteiger partial charge in [0.1, 0.15) is 0 Å². The third-order valence-electron chi connectivity index (χ3n) is 4.57. The molecule has 8 nitrogen and oxygen atoms in total. The van der Waals surface area contributed by atoms with Crippen LogP contribution < -0.4 is 0 Å². The molecule has 1 aliphatic heterocycles. The first-order valence-corrected chi connectivity index (χ1v) is 9.81. The molecule has 1 fully saturated rings. The number of nitrogens with zero attached hydrogens (tertiary/aromatic N) is 4. The van der Waals surface area contributed by atoms with E-state index in [9.17, 15) is 26.4 Å². The first-order chi connectivity index (χ1) is 13.0. The molecular formula is C16H18F3N5O3S. The average Bonchev–Trinajstić information content (AvgIpc) is 3.15. The van der Waals surface area contributed by atoms with Crippen LogP contribution in [0.4, 0.5) is 13.2 Å². The second kappa shape index (κ2) is 7.17. The predicted molar refractivity (Wildman–Crippen MR) is 91.7 cm³/mol. The van der Waals surface area contributed by atoms with Crippen molar-refractivity contribution in [1.29, 1.82) is 0 Å². The van der Waals surface area contributed by atoms with Gasteiger partial charge in [-0.15, -0.1) is 0 Å². The van der Waals surface area contributed by atoms with Gasteiger partial charge in [-0.05, 0) is 38.1 Å². The smallest absolute Gasteiger partial charge is 0.329 e. The van der Waals surface area contributed by atoms with Gasteiger partial charge in [0.05, 0.1) is 16.7 Å². The van der Waals surface area contributed by atoms with E-state index in [1.54, 1.807) is 13.8 Å². The summed E-state index contributed by atoms with van der Waals surface area (Å²) in [7, 11) is -4.00. The van der Waals surface area contributed by atoms with Gasteiger partial charge in [0.15, 0.2) is 5.69 Å². The van der Waals surface area contributed by atoms with E-state index in [1.165, 1.54) is 15.4 Å². The van der Waals surface area contributed by atoms with Crippen LogP contribution in [0.3, 0.4) is 0 Å². The van der Waals surface area contributed by atoms with Gasteiger partial charge >= 0.3 is 6.18 Å². The van der Waals surface area contributed by atoms with Crippen molar-refractivity contribution in [2.45, 2.75) is 37.0 Å². The molecule has 2 aromatic rings. The van der Waals surface area contributed by atoms with Crippen LogP contribution in [0.2, 0.25) is 0 Å². The Balaban J connectivity index is 1.80. The number of hydrogen-bond acceptors (Lipinski definition) is 5. The zero-order valence-corrected chi connectivity index (χ0v) is 15.8. The zero-order chi connectivity index (χ0) is 20.7. The third-order valence-corrected chi connectivity index (χ3v) is 6.42. The largest absolute Gasteiger partial charge is 0.416 e. The number of piperazine rings is 1. The van der Waals surface area contributed by atoms with Crippen LogP contribution in [0.15, 0.2) is 35.4 Å². The van der Waals surface area contributed by atoms with Crippen molar-refractivity contribution in [2.75, 3.05) is 13.1 Å². The fourth-order valence-corrected chi connectivity index (χ4v) is 4.87. The topological polar surface area (TPSA) is 99.3 Å². The van der Waals surface area contributed by atoms with E-state index in [0.717, 1.165) is 24.3 Å². The first-order valence-electron chi connectivity index (χ1n) is 8.37. The van der Waals surface area contributed by atoms with Gasteiger partial charge in [0, 0.05) is 25.2 Å². The molecule has 2 atom stereocenters. The molecule has 1 saturated heterocycles. The SMILES string of the molecule is C[C@@H]1CN(S(=O)(=O)c2ccc(C(F)(F)F)cc2)C[C@H](C)N1C(=O)c1cn[nH]n1. The normalized spacial score (nSPS) is 21.7. The number of carbonyl (C=O) groups is 1. The van der Waals surface area contributed by atoms with E-state index in [0.29, 0.717) is 0 Å². The standard InChI is InChI=1S/C16H18F3N5O3S/c1-10-8-23(9-11(2)24(10)15(25)14-7-20-22-21-14)28(26,27)13-5-3-12(4-6-13)16(17,18)19/h3-7,10-11H,8-9H2,1-2H3,(H,20,21,22)/t10-,11+. The van der Waals surface area contributed by atoms with E-state index >= 15 is 0 Å². The number of halogens is 3. The Hall–Kier alpha value is -2.47. The lowest BCUT2D eigenvalue weighted by Gasteiger charge is -2.43. The Morgan fingerprint density at radius 2 is 1.71 bits per heavy atom. The minimum atomic E-state index is -4.54. The molecule has 0 aliphatic carbocycles. The molecule has 0 spiro atoms. The summed E-state index contributed by atoms with van der Waals surface area (Å²) in [6, 6.07) is 2.45. The highest BCUT2D eigenvalue weighted by Crippen LogP contribution is 2.31. The predicted octanol–water partition coefficient (Wildman–Crippen LogP) is 1.75. The van der Waals surface area contributed by atoms with Crippen molar-refractivity contribution in [3.63, 3.8) is 0 Å². The number of rotatable bonds is 3. The monoisotopic (exact) mass is 417 g/mol. The molecule has 1 amide bonds. The third kappa shape index (κ3) is 3.74. The summed E-state index contributed by atoms with van der Waals surface area (Å²) in [6.07, 6.45) is -3.26. The van der Waals surface area contributed by atoms with Gasteiger partial charge in [-0.25, -0.2) is 8.42 Å². The van der Waals surface area contributed by atoms with Gasteiger partial charge in [0.2, 0.25) is 10.0 Å². The van der Waals surface area contributed by atoms with Crippen LogP contribution in [-0.4, -0.2) is 64.1 Å². The lowest BCUT2D eigenvalue weighted by molar-refractivity contribution is -0.137. The minimum Gasteiger partial charge on any atom is -0.329 e. The minimum absolute atomic E-state index is 0.0112. The molecule has 28 heavy (non-hydrogen) atoms. The Labute approximate surface area is 159 Å². The molecule has 1 aromatic carbocycles. The Morgan fingerprint density at radius 3 is 2.18 bits per heavy atom. The van der Waals surface area contributed by atoms with Crippen LogP contribution in [-0.2, 0) is 16.2 Å². The molecule has 152 valence electrons. The highest BCUT2D eigenvalue weighted by Gasteiger charge is 2.39. The number of benzene rings is 1. The van der Waals surface area contributed by atoms with Crippen molar-refractivity contribution in [3.05, 3.63) is 41.7 Å². The van der Waals surface area contributed by atoms with Crippen LogP contribution >= 0.6 is 0 Å². The van der Waals surface area contributed by atoms with E-state index < -0.39 is 33.8 Å². The maximum atomic E-state index is 12.9.